The van der Waals surface area contributed by atoms with Crippen LogP contribution in [0, 0.1) is 0 Å². The SMILES string of the molecule is NC(=O)c1ccc(CNc2ncc(S(=O)(=O)N3CCC(F)(c4ccccc4)CC3)cc2Cl)o1. The van der Waals surface area contributed by atoms with Crippen molar-refractivity contribution in [1.29, 1.82) is 0 Å². The molecule has 0 atom stereocenters. The van der Waals surface area contributed by atoms with Gasteiger partial charge in [-0.05, 0) is 36.6 Å². The third kappa shape index (κ3) is 4.87. The van der Waals surface area contributed by atoms with Gasteiger partial charge in [0, 0.05) is 19.3 Å². The highest BCUT2D eigenvalue weighted by molar-refractivity contribution is 7.89. The third-order valence-electron chi connectivity index (χ3n) is 5.59. The van der Waals surface area contributed by atoms with E-state index >= 15 is 4.39 Å². The maximum atomic E-state index is 15.4. The Labute approximate surface area is 195 Å². The monoisotopic (exact) mass is 492 g/mol. The zero-order chi connectivity index (χ0) is 23.6. The molecule has 0 aliphatic carbocycles. The summed E-state index contributed by atoms with van der Waals surface area (Å²) in [6.45, 7) is 0.258. The molecule has 11 heteroatoms. The Hall–Kier alpha value is -2.95. The zero-order valence-corrected chi connectivity index (χ0v) is 19.1. The number of aromatic nitrogens is 1. The molecule has 1 fully saturated rings. The van der Waals surface area contributed by atoms with Crippen LogP contribution in [0.5, 0.6) is 0 Å². The number of furan rings is 1. The number of nitrogens with one attached hydrogen (secondary N) is 1. The summed E-state index contributed by atoms with van der Waals surface area (Å²) in [5.74, 6) is 0.0229. The van der Waals surface area contributed by atoms with Crippen LogP contribution in [0.15, 0.2) is 64.0 Å². The Bertz CT molecular complexity index is 1260. The lowest BCUT2D eigenvalue weighted by molar-refractivity contribution is 0.0869. The number of pyridine rings is 1. The van der Waals surface area contributed by atoms with Gasteiger partial charge in [-0.25, -0.2) is 17.8 Å². The van der Waals surface area contributed by atoms with E-state index in [1.807, 2.05) is 6.07 Å². The zero-order valence-electron chi connectivity index (χ0n) is 17.5. The molecule has 33 heavy (non-hydrogen) atoms. The maximum Gasteiger partial charge on any atom is 0.284 e. The van der Waals surface area contributed by atoms with Crippen LogP contribution in [0.25, 0.3) is 0 Å². The first kappa shape index (κ1) is 23.2. The number of rotatable bonds is 7. The van der Waals surface area contributed by atoms with Crippen LogP contribution in [-0.4, -0.2) is 36.7 Å². The molecule has 0 spiro atoms. The fraction of sp³-hybridized carbons (Fsp3) is 0.273. The molecule has 3 aromatic rings. The predicted molar refractivity (Wildman–Crippen MR) is 121 cm³/mol. The highest BCUT2D eigenvalue weighted by Crippen LogP contribution is 2.38. The number of carbonyl (C=O) groups is 1. The Morgan fingerprint density at radius 1 is 1.21 bits per heavy atom. The van der Waals surface area contributed by atoms with Crippen LogP contribution >= 0.6 is 11.6 Å². The van der Waals surface area contributed by atoms with Gasteiger partial charge < -0.3 is 15.5 Å². The van der Waals surface area contributed by atoms with Crippen molar-refractivity contribution in [3.63, 3.8) is 0 Å². The van der Waals surface area contributed by atoms with E-state index in [1.54, 1.807) is 30.3 Å². The summed E-state index contributed by atoms with van der Waals surface area (Å²) >= 11 is 6.25. The summed E-state index contributed by atoms with van der Waals surface area (Å²) in [5.41, 5.74) is 4.15. The summed E-state index contributed by atoms with van der Waals surface area (Å²) in [6, 6.07) is 13.1. The summed E-state index contributed by atoms with van der Waals surface area (Å²) < 4.78 is 48.0. The van der Waals surface area contributed by atoms with E-state index in [1.165, 1.54) is 22.6 Å². The Balaban J connectivity index is 1.43. The van der Waals surface area contributed by atoms with E-state index in [0.29, 0.717) is 11.3 Å². The third-order valence-corrected chi connectivity index (χ3v) is 7.75. The average Bonchev–Trinajstić information content (AvgIpc) is 3.29. The standard InChI is InChI=1S/C22H22ClFN4O4S/c23-18-12-17(14-27-21(18)26-13-16-6-7-19(32-16)20(25)29)33(30,31)28-10-8-22(24,9-11-28)15-4-2-1-3-5-15/h1-7,12,14H,8-11,13H2,(H2,25,29)(H,26,27). The quantitative estimate of drug-likeness (QED) is 0.519. The molecule has 0 bridgehead atoms. The van der Waals surface area contributed by atoms with Gasteiger partial charge >= 0.3 is 0 Å². The van der Waals surface area contributed by atoms with Crippen LogP contribution in [0.4, 0.5) is 10.2 Å². The average molecular weight is 493 g/mol. The molecule has 3 heterocycles. The molecule has 174 valence electrons. The molecule has 1 amide bonds. The molecule has 1 aromatic carbocycles. The van der Waals surface area contributed by atoms with Gasteiger partial charge in [-0.2, -0.15) is 4.31 Å². The first-order valence-corrected chi connectivity index (χ1v) is 12.0. The van der Waals surface area contributed by atoms with Crippen LogP contribution in [0.2, 0.25) is 5.02 Å². The van der Waals surface area contributed by atoms with Gasteiger partial charge in [0.2, 0.25) is 10.0 Å². The molecule has 1 aliphatic rings. The van der Waals surface area contributed by atoms with Crippen molar-refractivity contribution < 1.29 is 22.0 Å². The molecule has 2 aromatic heterocycles. The molecule has 0 unspecified atom stereocenters. The van der Waals surface area contributed by atoms with Crippen LogP contribution in [-0.2, 0) is 22.2 Å². The molecule has 4 rings (SSSR count). The number of piperidine rings is 1. The number of primary amides is 1. The van der Waals surface area contributed by atoms with Crippen molar-refractivity contribution in [2.24, 2.45) is 5.73 Å². The Morgan fingerprint density at radius 3 is 2.52 bits per heavy atom. The van der Waals surface area contributed by atoms with E-state index < -0.39 is 21.6 Å². The lowest BCUT2D eigenvalue weighted by Crippen LogP contribution is -2.43. The van der Waals surface area contributed by atoms with E-state index in [0.717, 1.165) is 0 Å². The van der Waals surface area contributed by atoms with E-state index in [2.05, 4.69) is 10.3 Å². The second kappa shape index (κ2) is 9.12. The molecule has 0 saturated carbocycles. The van der Waals surface area contributed by atoms with Crippen molar-refractivity contribution in [3.8, 4) is 0 Å². The number of carbonyl (C=O) groups excluding carboxylic acids is 1. The molecular formula is C22H22ClFN4O4S. The minimum Gasteiger partial charge on any atom is -0.454 e. The fourth-order valence-electron chi connectivity index (χ4n) is 3.72. The molecular weight excluding hydrogens is 471 g/mol. The molecule has 3 N–H and O–H groups in total. The van der Waals surface area contributed by atoms with E-state index in [-0.39, 0.29) is 54.0 Å². The van der Waals surface area contributed by atoms with Crippen LogP contribution in [0.1, 0.15) is 34.7 Å². The molecule has 1 saturated heterocycles. The van der Waals surface area contributed by atoms with E-state index in [9.17, 15) is 13.2 Å². The topological polar surface area (TPSA) is 119 Å². The van der Waals surface area contributed by atoms with Crippen molar-refractivity contribution in [3.05, 3.63) is 76.8 Å². The van der Waals surface area contributed by atoms with Gasteiger partial charge in [-0.3, -0.25) is 4.79 Å². The molecule has 8 nitrogen and oxygen atoms in total. The first-order chi connectivity index (χ1) is 15.7. The predicted octanol–water partition coefficient (Wildman–Crippen LogP) is 3.69. The highest BCUT2D eigenvalue weighted by Gasteiger charge is 2.40. The summed E-state index contributed by atoms with van der Waals surface area (Å²) in [6.07, 6.45) is 1.33. The van der Waals surface area contributed by atoms with Crippen molar-refractivity contribution in [2.75, 3.05) is 18.4 Å². The number of sulfonamides is 1. The summed E-state index contributed by atoms with van der Waals surface area (Å²) in [7, 11) is -3.88. The van der Waals surface area contributed by atoms with Gasteiger partial charge in [0.05, 0.1) is 11.6 Å². The smallest absolute Gasteiger partial charge is 0.284 e. The van der Waals surface area contributed by atoms with Crippen LogP contribution in [0.3, 0.4) is 0 Å². The first-order valence-electron chi connectivity index (χ1n) is 10.2. The number of hydrogen-bond donors (Lipinski definition) is 2. The number of nitrogens with two attached hydrogens (primary N) is 1. The lowest BCUT2D eigenvalue weighted by Gasteiger charge is -2.36. The highest BCUT2D eigenvalue weighted by atomic mass is 35.5. The number of halogens is 2. The normalized spacial score (nSPS) is 16.4. The Kier molecular flexibility index (Phi) is 6.42. The van der Waals surface area contributed by atoms with Crippen molar-refractivity contribution in [2.45, 2.75) is 30.0 Å². The van der Waals surface area contributed by atoms with Gasteiger partial charge in [0.1, 0.15) is 22.1 Å². The summed E-state index contributed by atoms with van der Waals surface area (Å²) in [5, 5.41) is 3.02. The lowest BCUT2D eigenvalue weighted by atomic mass is 9.87. The fourth-order valence-corrected chi connectivity index (χ4v) is 5.44. The second-order valence-corrected chi connectivity index (χ2v) is 10.1. The molecule has 0 radical (unpaired) electrons. The minimum atomic E-state index is -3.88. The summed E-state index contributed by atoms with van der Waals surface area (Å²) in [4.78, 5) is 15.2. The number of alkyl halides is 1. The number of nitrogens with zero attached hydrogens (tertiary/aromatic N) is 2. The molecule has 1 aliphatic heterocycles. The minimum absolute atomic E-state index is 0.0263. The van der Waals surface area contributed by atoms with Gasteiger partial charge in [0.25, 0.3) is 5.91 Å². The second-order valence-electron chi connectivity index (χ2n) is 7.72. The van der Waals surface area contributed by atoms with Gasteiger partial charge in [-0.15, -0.1) is 0 Å². The number of amides is 1. The number of benzene rings is 1. The van der Waals surface area contributed by atoms with Crippen molar-refractivity contribution >= 4 is 33.3 Å². The Morgan fingerprint density at radius 2 is 1.91 bits per heavy atom. The van der Waals surface area contributed by atoms with Gasteiger partial charge in [-0.1, -0.05) is 41.9 Å². The number of hydrogen-bond acceptors (Lipinski definition) is 6. The maximum absolute atomic E-state index is 15.4. The van der Waals surface area contributed by atoms with E-state index in [4.69, 9.17) is 21.8 Å². The van der Waals surface area contributed by atoms with Crippen molar-refractivity contribution in [1.82, 2.24) is 9.29 Å². The number of anilines is 1. The van der Waals surface area contributed by atoms with Crippen LogP contribution < -0.4 is 11.1 Å². The largest absolute Gasteiger partial charge is 0.454 e. The van der Waals surface area contributed by atoms with Gasteiger partial charge in [0.15, 0.2) is 5.76 Å².